The van der Waals surface area contributed by atoms with Crippen LogP contribution < -0.4 is 4.74 Å². The minimum atomic E-state index is -3.88. The number of esters is 1. The van der Waals surface area contributed by atoms with Crippen molar-refractivity contribution in [2.24, 2.45) is 5.92 Å². The molecule has 0 fully saturated rings. The van der Waals surface area contributed by atoms with E-state index in [1.807, 2.05) is 0 Å². The first-order valence-electron chi connectivity index (χ1n) is 8.02. The zero-order valence-electron chi connectivity index (χ0n) is 15.1. The second-order valence-corrected chi connectivity index (χ2v) is 8.78. The van der Waals surface area contributed by atoms with E-state index in [0.717, 1.165) is 0 Å². The molecule has 0 aromatic heterocycles. The van der Waals surface area contributed by atoms with Gasteiger partial charge in [0.1, 0.15) is 24.6 Å². The van der Waals surface area contributed by atoms with Crippen LogP contribution in [0.1, 0.15) is 27.2 Å². The van der Waals surface area contributed by atoms with Crippen LogP contribution in [-0.4, -0.2) is 39.0 Å². The zero-order valence-corrected chi connectivity index (χ0v) is 15.9. The maximum Gasteiger partial charge on any atom is 0.310 e. The number of hydrogen-bond acceptors (Lipinski definition) is 5. The molecule has 0 aliphatic carbocycles. The number of carbonyl (C=O) groups excluding carboxylic acids is 1. The number of benzene rings is 1. The Morgan fingerprint density at radius 3 is 2.27 bits per heavy atom. The summed E-state index contributed by atoms with van der Waals surface area (Å²) in [5, 5.41) is 0. The van der Waals surface area contributed by atoms with Crippen molar-refractivity contribution >= 4 is 15.8 Å². The molecule has 1 atom stereocenters. The van der Waals surface area contributed by atoms with E-state index in [0.29, 0.717) is 5.75 Å². The van der Waals surface area contributed by atoms with Crippen LogP contribution in [0.4, 0.5) is 8.78 Å². The molecule has 8 heteroatoms. The van der Waals surface area contributed by atoms with Gasteiger partial charge in [-0.25, -0.2) is 17.2 Å². The van der Waals surface area contributed by atoms with Gasteiger partial charge in [-0.05, 0) is 45.0 Å². The number of alkyl halides is 1. The Hall–Kier alpha value is -1.96. The second kappa shape index (κ2) is 9.12. The van der Waals surface area contributed by atoms with Gasteiger partial charge in [0.2, 0.25) is 0 Å². The van der Waals surface area contributed by atoms with Crippen molar-refractivity contribution in [1.29, 1.82) is 0 Å². The van der Waals surface area contributed by atoms with Gasteiger partial charge in [0.05, 0.1) is 22.4 Å². The summed E-state index contributed by atoms with van der Waals surface area (Å²) in [7, 11) is -3.88. The summed E-state index contributed by atoms with van der Waals surface area (Å²) in [4.78, 5) is 12.2. The summed E-state index contributed by atoms with van der Waals surface area (Å²) >= 11 is 0. The molecule has 0 aliphatic heterocycles. The Kier molecular flexibility index (Phi) is 7.74. The molecular weight excluding hydrogens is 366 g/mol. The van der Waals surface area contributed by atoms with Crippen LogP contribution in [0.25, 0.3) is 0 Å². The lowest BCUT2D eigenvalue weighted by Crippen LogP contribution is -2.32. The number of allylic oxidation sites excluding steroid dienone is 1. The van der Waals surface area contributed by atoms with Crippen molar-refractivity contribution in [1.82, 2.24) is 0 Å². The van der Waals surface area contributed by atoms with Gasteiger partial charge in [-0.2, -0.15) is 0 Å². The maximum atomic E-state index is 13.2. The Morgan fingerprint density at radius 1 is 1.23 bits per heavy atom. The summed E-state index contributed by atoms with van der Waals surface area (Å²) < 4.78 is 60.7. The first kappa shape index (κ1) is 22.1. The Morgan fingerprint density at radius 2 is 1.81 bits per heavy atom. The second-order valence-electron chi connectivity index (χ2n) is 6.74. The van der Waals surface area contributed by atoms with Crippen LogP contribution >= 0.6 is 0 Å². The molecule has 1 aromatic rings. The Bertz CT molecular complexity index is 721. The molecule has 26 heavy (non-hydrogen) atoms. The summed E-state index contributed by atoms with van der Waals surface area (Å²) in [6, 6.07) is 5.36. The quantitative estimate of drug-likeness (QED) is 0.602. The topological polar surface area (TPSA) is 69.7 Å². The van der Waals surface area contributed by atoms with E-state index < -0.39 is 52.0 Å². The fourth-order valence-electron chi connectivity index (χ4n) is 2.12. The van der Waals surface area contributed by atoms with E-state index in [4.69, 9.17) is 9.47 Å². The number of rotatable bonds is 9. The Balaban J connectivity index is 2.97. The van der Waals surface area contributed by atoms with Crippen LogP contribution in [0.15, 0.2) is 41.6 Å². The molecular formula is C18H24F2O5S. The van der Waals surface area contributed by atoms with Crippen molar-refractivity contribution in [2.75, 3.05) is 19.0 Å². The van der Waals surface area contributed by atoms with Crippen molar-refractivity contribution < 1.29 is 31.5 Å². The smallest absolute Gasteiger partial charge is 0.310 e. The largest absolute Gasteiger partial charge is 0.491 e. The minimum Gasteiger partial charge on any atom is -0.491 e. The standard InChI is InChI=1S/C18H24F2O5S/c1-13(20)11-14(17(21)25-18(2,3)4)12-26(22,23)16-7-5-15(6-8-16)24-10-9-19/h5-8,14H,1,9-12H2,2-4H3/t14-/m0/s1. The molecule has 1 rings (SSSR count). The van der Waals surface area contributed by atoms with Crippen LogP contribution in [0.3, 0.4) is 0 Å². The van der Waals surface area contributed by atoms with E-state index in [2.05, 4.69) is 6.58 Å². The zero-order chi connectivity index (χ0) is 20.0. The highest BCUT2D eigenvalue weighted by Gasteiger charge is 2.31. The van der Waals surface area contributed by atoms with Gasteiger partial charge < -0.3 is 9.47 Å². The molecule has 0 heterocycles. The predicted octanol–water partition coefficient (Wildman–Crippen LogP) is 3.64. The molecule has 0 saturated heterocycles. The SMILES string of the molecule is C=C(F)C[C@@H](CS(=O)(=O)c1ccc(OCCF)cc1)C(=O)OC(C)(C)C. The van der Waals surface area contributed by atoms with Crippen molar-refractivity contribution in [3.8, 4) is 5.75 Å². The first-order chi connectivity index (χ1) is 11.9. The fourth-order valence-corrected chi connectivity index (χ4v) is 3.65. The summed E-state index contributed by atoms with van der Waals surface area (Å²) in [6.45, 7) is 7.21. The molecule has 0 unspecified atom stereocenters. The van der Waals surface area contributed by atoms with Crippen LogP contribution in [-0.2, 0) is 19.4 Å². The van der Waals surface area contributed by atoms with Crippen LogP contribution in [0, 0.1) is 5.92 Å². The minimum absolute atomic E-state index is 0.0527. The highest BCUT2D eigenvalue weighted by Crippen LogP contribution is 2.24. The van der Waals surface area contributed by atoms with Crippen molar-refractivity contribution in [2.45, 2.75) is 37.7 Å². The third kappa shape index (κ3) is 7.51. The van der Waals surface area contributed by atoms with Crippen LogP contribution in [0.5, 0.6) is 5.75 Å². The fraction of sp³-hybridized carbons (Fsp3) is 0.500. The molecule has 146 valence electrons. The molecule has 0 radical (unpaired) electrons. The van der Waals surface area contributed by atoms with Gasteiger partial charge in [0, 0.05) is 6.42 Å². The van der Waals surface area contributed by atoms with E-state index in [1.54, 1.807) is 20.8 Å². The number of sulfone groups is 1. The molecule has 0 amide bonds. The maximum absolute atomic E-state index is 13.2. The monoisotopic (exact) mass is 390 g/mol. The number of halogens is 2. The molecule has 0 saturated carbocycles. The summed E-state index contributed by atoms with van der Waals surface area (Å²) in [6.07, 6.45) is -0.439. The normalized spacial score (nSPS) is 13.1. The molecule has 0 N–H and O–H groups in total. The van der Waals surface area contributed by atoms with E-state index >= 15 is 0 Å². The predicted molar refractivity (Wildman–Crippen MR) is 94.2 cm³/mol. The van der Waals surface area contributed by atoms with E-state index in [-0.39, 0.29) is 11.5 Å². The van der Waals surface area contributed by atoms with E-state index in [9.17, 15) is 22.0 Å². The van der Waals surface area contributed by atoms with E-state index in [1.165, 1.54) is 24.3 Å². The van der Waals surface area contributed by atoms with Gasteiger partial charge in [0.25, 0.3) is 0 Å². The molecule has 0 spiro atoms. The molecule has 0 aliphatic rings. The average molecular weight is 390 g/mol. The van der Waals surface area contributed by atoms with Gasteiger partial charge in [0.15, 0.2) is 9.84 Å². The number of carbonyl (C=O) groups is 1. The lowest BCUT2D eigenvalue weighted by molar-refractivity contribution is -0.159. The number of hydrogen-bond donors (Lipinski definition) is 0. The highest BCUT2D eigenvalue weighted by molar-refractivity contribution is 7.91. The summed E-state index contributed by atoms with van der Waals surface area (Å²) in [5.41, 5.74) is -0.827. The van der Waals surface area contributed by atoms with Crippen molar-refractivity contribution in [3.05, 3.63) is 36.7 Å². The van der Waals surface area contributed by atoms with Gasteiger partial charge >= 0.3 is 5.97 Å². The highest BCUT2D eigenvalue weighted by atomic mass is 32.2. The van der Waals surface area contributed by atoms with Gasteiger partial charge in [-0.1, -0.05) is 6.58 Å². The van der Waals surface area contributed by atoms with Crippen molar-refractivity contribution in [3.63, 3.8) is 0 Å². The number of ether oxygens (including phenoxy) is 2. The average Bonchev–Trinajstić information content (AvgIpc) is 2.50. The Labute approximate surface area is 152 Å². The molecule has 0 bridgehead atoms. The third-order valence-corrected chi connectivity index (χ3v) is 4.99. The summed E-state index contributed by atoms with van der Waals surface area (Å²) in [5.74, 6) is -3.11. The lowest BCUT2D eigenvalue weighted by Gasteiger charge is -2.23. The van der Waals surface area contributed by atoms with Gasteiger partial charge in [-0.15, -0.1) is 0 Å². The van der Waals surface area contributed by atoms with Crippen LogP contribution in [0.2, 0.25) is 0 Å². The third-order valence-electron chi connectivity index (χ3n) is 3.16. The van der Waals surface area contributed by atoms with Gasteiger partial charge in [-0.3, -0.25) is 4.79 Å². The molecule has 5 nitrogen and oxygen atoms in total. The molecule has 1 aromatic carbocycles. The lowest BCUT2D eigenvalue weighted by atomic mass is 10.1. The first-order valence-corrected chi connectivity index (χ1v) is 9.67.